The molecule has 1 unspecified atom stereocenters. The van der Waals surface area contributed by atoms with Gasteiger partial charge in [-0.25, -0.2) is 9.37 Å². The summed E-state index contributed by atoms with van der Waals surface area (Å²) in [5.74, 6) is -0.468. The van der Waals surface area contributed by atoms with Crippen LogP contribution < -0.4 is 10.6 Å². The molecule has 0 fully saturated rings. The average Bonchev–Trinajstić information content (AvgIpc) is 2.36. The number of halogens is 2. The summed E-state index contributed by atoms with van der Waals surface area (Å²) in [6.45, 7) is 3.66. The van der Waals surface area contributed by atoms with E-state index in [1.54, 1.807) is 6.07 Å². The van der Waals surface area contributed by atoms with Crippen molar-refractivity contribution in [3.63, 3.8) is 0 Å². The zero-order valence-electron chi connectivity index (χ0n) is 11.7. The number of amides is 1. The van der Waals surface area contributed by atoms with Crippen molar-refractivity contribution in [2.24, 2.45) is 0 Å². The van der Waals surface area contributed by atoms with Gasteiger partial charge in [0, 0.05) is 19.3 Å². The Morgan fingerprint density at radius 3 is 2.85 bits per heavy atom. The van der Waals surface area contributed by atoms with Crippen LogP contribution >= 0.6 is 11.6 Å². The molecule has 0 aliphatic heterocycles. The number of methoxy groups -OCH3 is 1. The minimum atomic E-state index is -1.26. The van der Waals surface area contributed by atoms with Gasteiger partial charge in [-0.05, 0) is 19.9 Å². The van der Waals surface area contributed by atoms with E-state index in [9.17, 15) is 9.18 Å². The third kappa shape index (κ3) is 4.94. The molecule has 0 aromatic carbocycles. The number of aromatic nitrogens is 1. The number of alkyl halides is 1. The maximum atomic E-state index is 13.3. The lowest BCUT2D eigenvalue weighted by Crippen LogP contribution is -2.33. The summed E-state index contributed by atoms with van der Waals surface area (Å²) in [7, 11) is 1.40. The van der Waals surface area contributed by atoms with E-state index in [2.05, 4.69) is 20.4 Å². The highest BCUT2D eigenvalue weighted by molar-refractivity contribution is 6.33. The first kappa shape index (κ1) is 16.7. The van der Waals surface area contributed by atoms with Crippen molar-refractivity contribution >= 4 is 23.2 Å². The van der Waals surface area contributed by atoms with Crippen LogP contribution in [0.1, 0.15) is 24.2 Å². The Balaban J connectivity index is 2.80. The van der Waals surface area contributed by atoms with E-state index in [-0.39, 0.29) is 29.9 Å². The van der Waals surface area contributed by atoms with E-state index in [1.807, 2.05) is 13.8 Å². The molecular weight excluding hydrogens is 285 g/mol. The molecule has 20 heavy (non-hydrogen) atoms. The number of nitrogens with one attached hydrogen (secondary N) is 2. The van der Waals surface area contributed by atoms with Gasteiger partial charge in [-0.1, -0.05) is 11.6 Å². The highest BCUT2D eigenvalue weighted by atomic mass is 35.5. The molecule has 5 nitrogen and oxygen atoms in total. The monoisotopic (exact) mass is 303 g/mol. The van der Waals surface area contributed by atoms with Gasteiger partial charge in [0.15, 0.2) is 0 Å². The molecule has 0 radical (unpaired) electrons. The molecule has 112 valence electrons. The molecular formula is C13H19ClFN3O2. The molecule has 1 heterocycles. The van der Waals surface area contributed by atoms with Gasteiger partial charge >= 0.3 is 0 Å². The van der Waals surface area contributed by atoms with Crippen molar-refractivity contribution < 1.29 is 13.9 Å². The van der Waals surface area contributed by atoms with E-state index in [0.717, 1.165) is 0 Å². The number of hydrogen-bond donors (Lipinski definition) is 2. The number of carbonyl (C=O) groups excluding carboxylic acids is 1. The van der Waals surface area contributed by atoms with Gasteiger partial charge < -0.3 is 15.4 Å². The lowest BCUT2D eigenvalue weighted by molar-refractivity contribution is 0.0902. The number of ether oxygens (including phenoxy) is 1. The second-order valence-electron chi connectivity index (χ2n) is 4.59. The molecule has 7 heteroatoms. The fraction of sp³-hybridized carbons (Fsp3) is 0.538. The van der Waals surface area contributed by atoms with Gasteiger partial charge in [-0.15, -0.1) is 0 Å². The van der Waals surface area contributed by atoms with Crippen molar-refractivity contribution in [3.8, 4) is 0 Å². The van der Waals surface area contributed by atoms with Crippen molar-refractivity contribution in [1.29, 1.82) is 0 Å². The highest BCUT2D eigenvalue weighted by Gasteiger charge is 2.18. The van der Waals surface area contributed by atoms with Crippen LogP contribution in [0.15, 0.2) is 12.3 Å². The second-order valence-corrected chi connectivity index (χ2v) is 4.94. The summed E-state index contributed by atoms with van der Waals surface area (Å²) < 4.78 is 18.0. The third-order valence-corrected chi connectivity index (χ3v) is 2.69. The maximum Gasteiger partial charge on any atom is 0.256 e. The van der Waals surface area contributed by atoms with Crippen LogP contribution in [-0.2, 0) is 4.74 Å². The van der Waals surface area contributed by atoms with Crippen LogP contribution in [0.2, 0.25) is 5.15 Å². The van der Waals surface area contributed by atoms with Crippen molar-refractivity contribution in [2.45, 2.75) is 26.1 Å². The van der Waals surface area contributed by atoms with E-state index in [4.69, 9.17) is 11.6 Å². The lowest BCUT2D eigenvalue weighted by Gasteiger charge is -2.16. The number of pyridine rings is 1. The summed E-state index contributed by atoms with van der Waals surface area (Å²) in [6, 6.07) is 1.78. The van der Waals surface area contributed by atoms with Gasteiger partial charge in [-0.2, -0.15) is 0 Å². The standard InChI is InChI=1S/C13H19ClFN3O2/c1-8(2)18-10-4-5-16-12(14)11(10)13(19)17-6-9(15)7-20-3/h4-5,8-9H,6-7H2,1-3H3,(H,16,18)(H,17,19). The summed E-state index contributed by atoms with van der Waals surface area (Å²) in [6.07, 6.45) is 0.244. The van der Waals surface area contributed by atoms with E-state index >= 15 is 0 Å². The molecule has 0 saturated carbocycles. The minimum Gasteiger partial charge on any atom is -0.382 e. The number of carbonyl (C=O) groups is 1. The van der Waals surface area contributed by atoms with Crippen LogP contribution in [0.25, 0.3) is 0 Å². The van der Waals surface area contributed by atoms with Gasteiger partial charge in [0.2, 0.25) is 0 Å². The van der Waals surface area contributed by atoms with Crippen LogP contribution in [-0.4, -0.2) is 43.4 Å². The Morgan fingerprint density at radius 2 is 2.25 bits per heavy atom. The fourth-order valence-corrected chi connectivity index (χ4v) is 1.86. The SMILES string of the molecule is COCC(F)CNC(=O)c1c(NC(C)C)ccnc1Cl. The van der Waals surface area contributed by atoms with Gasteiger partial charge in [0.25, 0.3) is 5.91 Å². The lowest BCUT2D eigenvalue weighted by atomic mass is 10.2. The van der Waals surface area contributed by atoms with Crippen LogP contribution in [0.5, 0.6) is 0 Å². The molecule has 1 aromatic heterocycles. The average molecular weight is 304 g/mol. The molecule has 1 aromatic rings. The molecule has 2 N–H and O–H groups in total. The predicted molar refractivity (Wildman–Crippen MR) is 77.1 cm³/mol. The van der Waals surface area contributed by atoms with E-state index in [0.29, 0.717) is 5.69 Å². The molecule has 1 atom stereocenters. The van der Waals surface area contributed by atoms with Crippen LogP contribution in [0.3, 0.4) is 0 Å². The fourth-order valence-electron chi connectivity index (χ4n) is 1.62. The summed E-state index contributed by atoms with van der Waals surface area (Å²) in [4.78, 5) is 16.0. The van der Waals surface area contributed by atoms with Crippen LogP contribution in [0.4, 0.5) is 10.1 Å². The first-order chi connectivity index (χ1) is 9.45. The topological polar surface area (TPSA) is 63.2 Å². The zero-order chi connectivity index (χ0) is 15.1. The van der Waals surface area contributed by atoms with E-state index < -0.39 is 12.1 Å². The Hall–Kier alpha value is -1.40. The minimum absolute atomic E-state index is 0.0713. The van der Waals surface area contributed by atoms with Gasteiger partial charge in [-0.3, -0.25) is 4.79 Å². The zero-order valence-corrected chi connectivity index (χ0v) is 12.5. The first-order valence-electron chi connectivity index (χ1n) is 6.28. The molecule has 1 amide bonds. The van der Waals surface area contributed by atoms with Crippen LogP contribution in [0, 0.1) is 0 Å². The Morgan fingerprint density at radius 1 is 1.55 bits per heavy atom. The largest absolute Gasteiger partial charge is 0.382 e. The Bertz CT molecular complexity index is 457. The summed E-state index contributed by atoms with van der Waals surface area (Å²) in [5, 5.41) is 5.66. The highest BCUT2D eigenvalue weighted by Crippen LogP contribution is 2.22. The number of hydrogen-bond acceptors (Lipinski definition) is 4. The molecule has 0 spiro atoms. The number of nitrogens with zero attached hydrogens (tertiary/aromatic N) is 1. The van der Waals surface area contributed by atoms with Gasteiger partial charge in [0.05, 0.1) is 24.4 Å². The van der Waals surface area contributed by atoms with Crippen molar-refractivity contribution in [1.82, 2.24) is 10.3 Å². The normalized spacial score (nSPS) is 12.3. The quantitative estimate of drug-likeness (QED) is 0.759. The summed E-state index contributed by atoms with van der Waals surface area (Å²) >= 11 is 5.95. The number of anilines is 1. The smallest absolute Gasteiger partial charge is 0.256 e. The maximum absolute atomic E-state index is 13.3. The van der Waals surface area contributed by atoms with Crippen molar-refractivity contribution in [3.05, 3.63) is 23.0 Å². The molecule has 0 aliphatic carbocycles. The predicted octanol–water partition coefficient (Wildman–Crippen LogP) is 2.27. The molecule has 0 aliphatic rings. The Labute approximate surface area is 122 Å². The summed E-state index contributed by atoms with van der Waals surface area (Å²) in [5.41, 5.74) is 0.784. The van der Waals surface area contributed by atoms with Gasteiger partial charge in [0.1, 0.15) is 11.3 Å². The third-order valence-electron chi connectivity index (χ3n) is 2.41. The molecule has 1 rings (SSSR count). The van der Waals surface area contributed by atoms with E-state index in [1.165, 1.54) is 13.3 Å². The van der Waals surface area contributed by atoms with Crippen molar-refractivity contribution in [2.75, 3.05) is 25.6 Å². The second kappa shape index (κ2) is 8.01. The molecule has 0 bridgehead atoms. The number of rotatable bonds is 7. The first-order valence-corrected chi connectivity index (χ1v) is 6.65. The Kier molecular flexibility index (Phi) is 6.67. The molecule has 0 saturated heterocycles.